The van der Waals surface area contributed by atoms with Crippen LogP contribution in [0.15, 0.2) is 18.5 Å². The molecule has 0 spiro atoms. The molecule has 7 nitrogen and oxygen atoms in total. The molecule has 19 heavy (non-hydrogen) atoms. The van der Waals surface area contributed by atoms with Crippen LogP contribution in [0.4, 0.5) is 5.95 Å². The summed E-state index contributed by atoms with van der Waals surface area (Å²) < 4.78 is 1.55. The molecule has 0 fully saturated rings. The van der Waals surface area contributed by atoms with E-state index in [-0.39, 0.29) is 0 Å². The molecule has 0 radical (unpaired) electrons. The lowest BCUT2D eigenvalue weighted by molar-refractivity contribution is -0.138. The van der Waals surface area contributed by atoms with Crippen LogP contribution in [0.1, 0.15) is 23.0 Å². The van der Waals surface area contributed by atoms with Gasteiger partial charge in [-0.15, -0.1) is 0 Å². The number of nitrogens with zero attached hydrogens (tertiary/aromatic N) is 4. The van der Waals surface area contributed by atoms with Crippen LogP contribution in [0.3, 0.4) is 0 Å². The monoisotopic (exact) mass is 261 g/mol. The summed E-state index contributed by atoms with van der Waals surface area (Å²) in [5.41, 5.74) is 2.12. The number of hydrogen-bond acceptors (Lipinski definition) is 5. The largest absolute Gasteiger partial charge is 0.479 e. The molecule has 0 aliphatic heterocycles. The maximum absolute atomic E-state index is 11.3. The second kappa shape index (κ2) is 5.05. The molecule has 0 aliphatic carbocycles. The average molecular weight is 261 g/mol. The number of aryl methyl sites for hydroxylation is 3. The van der Waals surface area contributed by atoms with Gasteiger partial charge < -0.3 is 10.4 Å². The van der Waals surface area contributed by atoms with Gasteiger partial charge in [-0.2, -0.15) is 5.10 Å². The van der Waals surface area contributed by atoms with Gasteiger partial charge in [0.2, 0.25) is 5.95 Å². The quantitative estimate of drug-likeness (QED) is 0.855. The Kier molecular flexibility index (Phi) is 3.46. The lowest BCUT2D eigenvalue weighted by atomic mass is 10.1. The van der Waals surface area contributed by atoms with Crippen molar-refractivity contribution in [2.75, 3.05) is 5.32 Å². The Morgan fingerprint density at radius 3 is 2.47 bits per heavy atom. The molecule has 2 N–H and O–H groups in total. The lowest BCUT2D eigenvalue weighted by Gasteiger charge is -2.13. The third kappa shape index (κ3) is 3.06. The average Bonchev–Trinajstić information content (AvgIpc) is 2.70. The van der Waals surface area contributed by atoms with Crippen LogP contribution in [-0.2, 0) is 11.8 Å². The molecule has 1 unspecified atom stereocenters. The van der Waals surface area contributed by atoms with Gasteiger partial charge in [-0.25, -0.2) is 14.8 Å². The topological polar surface area (TPSA) is 92.9 Å². The van der Waals surface area contributed by atoms with Crippen molar-refractivity contribution in [1.82, 2.24) is 19.7 Å². The number of rotatable bonds is 4. The summed E-state index contributed by atoms with van der Waals surface area (Å²) in [5.74, 6) is -0.704. The summed E-state index contributed by atoms with van der Waals surface area (Å²) in [6, 6.07) is 0.903. The van der Waals surface area contributed by atoms with Crippen molar-refractivity contribution in [2.45, 2.75) is 19.9 Å². The van der Waals surface area contributed by atoms with Crippen molar-refractivity contribution in [1.29, 1.82) is 0 Å². The summed E-state index contributed by atoms with van der Waals surface area (Å²) in [5, 5.41) is 16.1. The Morgan fingerprint density at radius 2 is 2.00 bits per heavy atom. The van der Waals surface area contributed by atoms with E-state index in [0.717, 1.165) is 11.4 Å². The summed E-state index contributed by atoms with van der Waals surface area (Å²) in [7, 11) is 1.73. The summed E-state index contributed by atoms with van der Waals surface area (Å²) in [6.07, 6.45) is 3.16. The van der Waals surface area contributed by atoms with Gasteiger partial charge in [0.25, 0.3) is 0 Å². The highest BCUT2D eigenvalue weighted by atomic mass is 16.4. The van der Waals surface area contributed by atoms with Gasteiger partial charge in [0, 0.05) is 30.2 Å². The highest BCUT2D eigenvalue weighted by Gasteiger charge is 2.22. The molecule has 0 saturated heterocycles. The number of carbonyl (C=O) groups is 1. The fourth-order valence-electron chi connectivity index (χ4n) is 1.80. The first-order valence-electron chi connectivity index (χ1n) is 5.76. The van der Waals surface area contributed by atoms with Gasteiger partial charge in [-0.3, -0.25) is 4.68 Å². The first-order chi connectivity index (χ1) is 8.95. The van der Waals surface area contributed by atoms with Crippen LogP contribution in [0.2, 0.25) is 0 Å². The molecule has 2 aromatic heterocycles. The first kappa shape index (κ1) is 13.0. The molecular formula is C12H15N5O2. The number of hydrogen-bond donors (Lipinski definition) is 2. The first-order valence-corrected chi connectivity index (χ1v) is 5.76. The second-order valence-electron chi connectivity index (χ2n) is 4.34. The van der Waals surface area contributed by atoms with Crippen LogP contribution in [0.25, 0.3) is 0 Å². The van der Waals surface area contributed by atoms with E-state index < -0.39 is 12.0 Å². The molecule has 100 valence electrons. The zero-order valence-corrected chi connectivity index (χ0v) is 11.0. The molecule has 7 heteroatoms. The van der Waals surface area contributed by atoms with E-state index in [2.05, 4.69) is 20.4 Å². The van der Waals surface area contributed by atoms with Crippen molar-refractivity contribution >= 4 is 11.9 Å². The predicted molar refractivity (Wildman–Crippen MR) is 68.7 cm³/mol. The van der Waals surface area contributed by atoms with Crippen LogP contribution in [-0.4, -0.2) is 30.8 Å². The number of anilines is 1. The van der Waals surface area contributed by atoms with Crippen LogP contribution in [0.5, 0.6) is 0 Å². The Labute approximate surface area is 110 Å². The summed E-state index contributed by atoms with van der Waals surface area (Å²) in [4.78, 5) is 19.7. The number of aromatic nitrogens is 4. The molecular weight excluding hydrogens is 246 g/mol. The van der Waals surface area contributed by atoms with E-state index in [9.17, 15) is 9.90 Å². The molecule has 0 aliphatic rings. The van der Waals surface area contributed by atoms with E-state index in [1.807, 2.05) is 19.9 Å². The van der Waals surface area contributed by atoms with Crippen LogP contribution >= 0.6 is 0 Å². The van der Waals surface area contributed by atoms with Gasteiger partial charge in [0.1, 0.15) is 0 Å². The third-order valence-corrected chi connectivity index (χ3v) is 2.56. The minimum atomic E-state index is -1.00. The van der Waals surface area contributed by atoms with Gasteiger partial charge in [0.15, 0.2) is 6.04 Å². The fourth-order valence-corrected chi connectivity index (χ4v) is 1.80. The lowest BCUT2D eigenvalue weighted by Crippen LogP contribution is -2.21. The Morgan fingerprint density at radius 1 is 1.37 bits per heavy atom. The van der Waals surface area contributed by atoms with E-state index in [4.69, 9.17) is 0 Å². The molecule has 2 rings (SSSR count). The van der Waals surface area contributed by atoms with Crippen LogP contribution in [0, 0.1) is 13.8 Å². The molecule has 0 aromatic carbocycles. The highest BCUT2D eigenvalue weighted by molar-refractivity contribution is 5.78. The van der Waals surface area contributed by atoms with Crippen molar-refractivity contribution in [3.63, 3.8) is 0 Å². The molecule has 2 aromatic rings. The summed E-state index contributed by atoms with van der Waals surface area (Å²) in [6.45, 7) is 3.67. The number of nitrogens with one attached hydrogen (secondary N) is 1. The van der Waals surface area contributed by atoms with Crippen LogP contribution < -0.4 is 5.32 Å². The van der Waals surface area contributed by atoms with Crippen molar-refractivity contribution in [3.05, 3.63) is 35.4 Å². The SMILES string of the molecule is Cc1cc(C)nc(NC(C(=O)O)c2cnn(C)c2)n1. The van der Waals surface area contributed by atoms with Crippen molar-refractivity contribution in [3.8, 4) is 0 Å². The second-order valence-corrected chi connectivity index (χ2v) is 4.34. The van der Waals surface area contributed by atoms with E-state index in [1.165, 1.54) is 6.20 Å². The molecule has 0 saturated carbocycles. The number of aliphatic carboxylic acids is 1. The molecule has 2 heterocycles. The molecule has 0 amide bonds. The smallest absolute Gasteiger partial charge is 0.331 e. The highest BCUT2D eigenvalue weighted by Crippen LogP contribution is 2.17. The van der Waals surface area contributed by atoms with Gasteiger partial charge >= 0.3 is 5.97 Å². The Hall–Kier alpha value is -2.44. The number of carboxylic acids is 1. The van der Waals surface area contributed by atoms with Crippen molar-refractivity contribution in [2.24, 2.45) is 7.05 Å². The normalized spacial score (nSPS) is 12.2. The zero-order valence-electron chi connectivity index (χ0n) is 11.0. The van der Waals surface area contributed by atoms with Gasteiger partial charge in [-0.1, -0.05) is 0 Å². The maximum atomic E-state index is 11.3. The third-order valence-electron chi connectivity index (χ3n) is 2.56. The predicted octanol–water partition coefficient (Wildman–Crippen LogP) is 1.06. The fraction of sp³-hybridized carbons (Fsp3) is 0.333. The van der Waals surface area contributed by atoms with E-state index in [0.29, 0.717) is 11.5 Å². The Bertz CT molecular complexity index is 588. The van der Waals surface area contributed by atoms with Gasteiger partial charge in [0.05, 0.1) is 6.20 Å². The molecule has 0 bridgehead atoms. The van der Waals surface area contributed by atoms with E-state index >= 15 is 0 Å². The van der Waals surface area contributed by atoms with Crippen molar-refractivity contribution < 1.29 is 9.90 Å². The van der Waals surface area contributed by atoms with E-state index in [1.54, 1.807) is 17.9 Å². The minimum Gasteiger partial charge on any atom is -0.479 e. The molecule has 1 atom stereocenters. The van der Waals surface area contributed by atoms with Gasteiger partial charge in [-0.05, 0) is 19.9 Å². The zero-order chi connectivity index (χ0) is 14.0. The Balaban J connectivity index is 2.29. The summed E-state index contributed by atoms with van der Waals surface area (Å²) >= 11 is 0. The number of carboxylic acid groups (broad SMARTS) is 1. The maximum Gasteiger partial charge on any atom is 0.331 e. The minimum absolute atomic E-state index is 0.300. The standard InChI is InChI=1S/C12H15N5O2/c1-7-4-8(2)15-12(14-7)16-10(11(18)19)9-5-13-17(3)6-9/h4-6,10H,1-3H3,(H,18,19)(H,14,15,16).